The summed E-state index contributed by atoms with van der Waals surface area (Å²) in [5, 5.41) is -0.0145. The van der Waals surface area contributed by atoms with Crippen LogP contribution >= 0.6 is 11.6 Å². The summed E-state index contributed by atoms with van der Waals surface area (Å²) < 4.78 is 3.61. The van der Waals surface area contributed by atoms with Crippen LogP contribution in [0.1, 0.15) is 11.1 Å². The summed E-state index contributed by atoms with van der Waals surface area (Å²) in [7, 11) is 2.90. The molecule has 170 valence electrons. The van der Waals surface area contributed by atoms with Crippen LogP contribution < -0.4 is 11.2 Å². The molecule has 2 aromatic heterocycles. The van der Waals surface area contributed by atoms with E-state index in [9.17, 15) is 14.4 Å². The molecule has 33 heavy (non-hydrogen) atoms. The second-order valence-corrected chi connectivity index (χ2v) is 8.22. The largest absolute Gasteiger partial charge is 0.336 e. The third-order valence-electron chi connectivity index (χ3n) is 5.68. The number of hydrogen-bond acceptors (Lipinski definition) is 4. The molecule has 8 nitrogen and oxygen atoms in total. The van der Waals surface area contributed by atoms with Crippen molar-refractivity contribution in [2.75, 3.05) is 6.54 Å². The second kappa shape index (κ2) is 9.46. The van der Waals surface area contributed by atoms with E-state index in [0.29, 0.717) is 19.5 Å². The first-order chi connectivity index (χ1) is 15.9. The molecule has 0 radical (unpaired) electrons. The van der Waals surface area contributed by atoms with E-state index in [4.69, 9.17) is 11.6 Å². The Bertz CT molecular complexity index is 1410. The molecule has 0 atom stereocenters. The third kappa shape index (κ3) is 4.61. The number of hydrogen-bond donors (Lipinski definition) is 0. The molecule has 0 N–H and O–H groups in total. The fraction of sp³-hybridized carbons (Fsp3) is 0.250. The molecular weight excluding hydrogens is 442 g/mol. The molecule has 0 aliphatic rings. The Balaban J connectivity index is 1.66. The van der Waals surface area contributed by atoms with Gasteiger partial charge in [-0.2, -0.15) is 4.98 Å². The van der Waals surface area contributed by atoms with Crippen molar-refractivity contribution in [2.45, 2.75) is 19.5 Å². The van der Waals surface area contributed by atoms with E-state index >= 15 is 0 Å². The smallest absolute Gasteiger partial charge is 0.332 e. The van der Waals surface area contributed by atoms with Crippen molar-refractivity contribution in [3.63, 3.8) is 0 Å². The van der Waals surface area contributed by atoms with Gasteiger partial charge < -0.3 is 4.90 Å². The maximum absolute atomic E-state index is 13.4. The molecule has 0 bridgehead atoms. The minimum atomic E-state index is -0.542. The van der Waals surface area contributed by atoms with Crippen LogP contribution in [0, 0.1) is 0 Å². The molecule has 0 saturated heterocycles. The average molecular weight is 466 g/mol. The number of carbonyl (C=O) groups is 1. The highest BCUT2D eigenvalue weighted by molar-refractivity contribution is 6.29. The monoisotopic (exact) mass is 465 g/mol. The number of benzene rings is 2. The van der Waals surface area contributed by atoms with Crippen molar-refractivity contribution < 1.29 is 4.79 Å². The molecule has 4 rings (SSSR count). The molecule has 0 aliphatic heterocycles. The quantitative estimate of drug-likeness (QED) is 0.392. The highest BCUT2D eigenvalue weighted by Crippen LogP contribution is 2.17. The minimum absolute atomic E-state index is 0.0145. The summed E-state index contributed by atoms with van der Waals surface area (Å²) in [6.07, 6.45) is 0.689. The highest BCUT2D eigenvalue weighted by atomic mass is 35.5. The molecule has 1 amide bonds. The lowest BCUT2D eigenvalue weighted by Crippen LogP contribution is -2.39. The summed E-state index contributed by atoms with van der Waals surface area (Å²) in [4.78, 5) is 44.4. The van der Waals surface area contributed by atoms with E-state index in [2.05, 4.69) is 4.98 Å². The van der Waals surface area contributed by atoms with E-state index in [1.807, 2.05) is 60.7 Å². The number of amides is 1. The third-order valence-corrected chi connectivity index (χ3v) is 5.97. The Kier molecular flexibility index (Phi) is 6.46. The van der Waals surface area contributed by atoms with Gasteiger partial charge in [-0.1, -0.05) is 60.7 Å². The SMILES string of the molecule is Cn1c(=O)c2c(nc(Cl)n2CC(=O)N(CCc2ccccc2)Cc2ccccc2)n(C)c1=O. The van der Waals surface area contributed by atoms with Crippen molar-refractivity contribution >= 4 is 28.7 Å². The molecule has 4 aromatic rings. The van der Waals surface area contributed by atoms with E-state index < -0.39 is 11.2 Å². The van der Waals surface area contributed by atoms with E-state index in [-0.39, 0.29) is 28.9 Å². The Morgan fingerprint density at radius 3 is 2.18 bits per heavy atom. The number of carbonyl (C=O) groups excluding carboxylic acids is 1. The van der Waals surface area contributed by atoms with Gasteiger partial charge in [0.15, 0.2) is 11.2 Å². The molecule has 9 heteroatoms. The van der Waals surface area contributed by atoms with Crippen molar-refractivity contribution in [2.24, 2.45) is 14.1 Å². The first-order valence-corrected chi connectivity index (χ1v) is 10.9. The number of rotatable bonds is 7. The number of imidazole rings is 1. The zero-order valence-electron chi connectivity index (χ0n) is 18.4. The molecule has 2 aromatic carbocycles. The molecular formula is C24H24ClN5O3. The summed E-state index contributed by atoms with van der Waals surface area (Å²) in [5.74, 6) is -0.202. The predicted molar refractivity (Wildman–Crippen MR) is 127 cm³/mol. The zero-order valence-corrected chi connectivity index (χ0v) is 19.2. The fourth-order valence-corrected chi connectivity index (χ4v) is 4.03. The Morgan fingerprint density at radius 2 is 1.55 bits per heavy atom. The summed E-state index contributed by atoms with van der Waals surface area (Å²) in [6, 6.07) is 19.7. The van der Waals surface area contributed by atoms with Gasteiger partial charge in [-0.3, -0.25) is 23.3 Å². The van der Waals surface area contributed by atoms with Gasteiger partial charge in [-0.05, 0) is 29.1 Å². The fourth-order valence-electron chi connectivity index (χ4n) is 3.80. The number of aryl methyl sites for hydroxylation is 1. The summed E-state index contributed by atoms with van der Waals surface area (Å²) in [5.41, 5.74) is 1.35. The number of halogens is 1. The average Bonchev–Trinajstić information content (AvgIpc) is 3.16. The minimum Gasteiger partial charge on any atom is -0.336 e. The zero-order chi connectivity index (χ0) is 23.5. The first kappa shape index (κ1) is 22.5. The van der Waals surface area contributed by atoms with Crippen LogP contribution in [0.2, 0.25) is 5.28 Å². The molecule has 0 fully saturated rings. The maximum atomic E-state index is 13.4. The molecule has 2 heterocycles. The van der Waals surface area contributed by atoms with Crippen LogP contribution in [0.15, 0.2) is 70.3 Å². The topological polar surface area (TPSA) is 82.1 Å². The maximum Gasteiger partial charge on any atom is 0.332 e. The van der Waals surface area contributed by atoms with Crippen LogP contribution in [-0.4, -0.2) is 36.0 Å². The lowest BCUT2D eigenvalue weighted by molar-refractivity contribution is -0.132. The lowest BCUT2D eigenvalue weighted by atomic mass is 10.1. The molecule has 0 spiro atoms. The second-order valence-electron chi connectivity index (χ2n) is 7.88. The normalized spacial score (nSPS) is 11.1. The Morgan fingerprint density at radius 1 is 0.939 bits per heavy atom. The van der Waals surface area contributed by atoms with Crippen LogP contribution in [0.3, 0.4) is 0 Å². The Labute approximate surface area is 195 Å². The number of aromatic nitrogens is 4. The van der Waals surface area contributed by atoms with Gasteiger partial charge in [0, 0.05) is 27.2 Å². The van der Waals surface area contributed by atoms with Gasteiger partial charge in [-0.25, -0.2) is 4.79 Å². The van der Waals surface area contributed by atoms with Gasteiger partial charge in [0.1, 0.15) is 6.54 Å². The van der Waals surface area contributed by atoms with Crippen molar-refractivity contribution in [1.29, 1.82) is 0 Å². The van der Waals surface area contributed by atoms with Crippen molar-refractivity contribution in [3.05, 3.63) is 97.9 Å². The summed E-state index contributed by atoms with van der Waals surface area (Å²) in [6.45, 7) is 0.760. The van der Waals surface area contributed by atoms with Gasteiger partial charge in [0.25, 0.3) is 5.56 Å². The van der Waals surface area contributed by atoms with E-state index in [0.717, 1.165) is 15.7 Å². The lowest BCUT2D eigenvalue weighted by Gasteiger charge is -2.23. The highest BCUT2D eigenvalue weighted by Gasteiger charge is 2.22. The van der Waals surface area contributed by atoms with Gasteiger partial charge in [0.05, 0.1) is 0 Å². The van der Waals surface area contributed by atoms with Gasteiger partial charge >= 0.3 is 5.69 Å². The summed E-state index contributed by atoms with van der Waals surface area (Å²) >= 11 is 6.32. The number of fused-ring (bicyclic) bond motifs is 1. The van der Waals surface area contributed by atoms with Crippen LogP contribution in [0.5, 0.6) is 0 Å². The van der Waals surface area contributed by atoms with E-state index in [1.165, 1.54) is 23.2 Å². The molecule has 0 saturated carbocycles. The Hall–Kier alpha value is -3.65. The molecule has 0 aliphatic carbocycles. The molecule has 0 unspecified atom stereocenters. The van der Waals surface area contributed by atoms with Gasteiger partial charge in [0.2, 0.25) is 11.2 Å². The van der Waals surface area contributed by atoms with Crippen LogP contribution in [0.25, 0.3) is 11.2 Å². The first-order valence-electron chi connectivity index (χ1n) is 10.5. The standard InChI is InChI=1S/C24H24ClN5O3/c1-27-21-20(22(32)28(2)24(27)33)30(23(25)26-21)16-19(31)29(15-18-11-7-4-8-12-18)14-13-17-9-5-3-6-10-17/h3-12H,13-16H2,1-2H3. The van der Waals surface area contributed by atoms with Gasteiger partial charge in [-0.15, -0.1) is 0 Å². The van der Waals surface area contributed by atoms with E-state index in [1.54, 1.807) is 4.90 Å². The predicted octanol–water partition coefficient (Wildman–Crippen LogP) is 2.36. The van der Waals surface area contributed by atoms with Crippen LogP contribution in [-0.2, 0) is 38.4 Å². The van der Waals surface area contributed by atoms with Crippen molar-refractivity contribution in [1.82, 2.24) is 23.6 Å². The van der Waals surface area contributed by atoms with Crippen LogP contribution in [0.4, 0.5) is 0 Å². The number of nitrogens with zero attached hydrogens (tertiary/aromatic N) is 5. The van der Waals surface area contributed by atoms with Crippen molar-refractivity contribution in [3.8, 4) is 0 Å².